The van der Waals surface area contributed by atoms with E-state index in [4.69, 9.17) is 9.47 Å². The van der Waals surface area contributed by atoms with Crippen LogP contribution in [0.3, 0.4) is 0 Å². The van der Waals surface area contributed by atoms with E-state index < -0.39 is 0 Å². The van der Waals surface area contributed by atoms with Crippen molar-refractivity contribution in [3.05, 3.63) is 35.9 Å². The van der Waals surface area contributed by atoms with Crippen LogP contribution in [-0.4, -0.2) is 18.7 Å². The molecule has 0 aliphatic carbocycles. The van der Waals surface area contributed by atoms with Gasteiger partial charge in [0.1, 0.15) is 6.10 Å². The standard InChI is InChI=1S/C18H28O3/c1-4-6-12-17(5-2)18(19)21-15(3)13-20-14-16-10-8-7-9-11-16/h7-11,15,17H,4-6,12-14H2,1-3H3. The lowest BCUT2D eigenvalue weighted by Gasteiger charge is -2.18. The van der Waals surface area contributed by atoms with E-state index in [-0.39, 0.29) is 18.0 Å². The monoisotopic (exact) mass is 292 g/mol. The summed E-state index contributed by atoms with van der Waals surface area (Å²) in [4.78, 5) is 12.0. The Bertz CT molecular complexity index is 389. The van der Waals surface area contributed by atoms with Gasteiger partial charge in [-0.2, -0.15) is 0 Å². The molecule has 0 bridgehead atoms. The number of carbonyl (C=O) groups excluding carboxylic acids is 1. The van der Waals surface area contributed by atoms with Crippen molar-refractivity contribution in [1.82, 2.24) is 0 Å². The summed E-state index contributed by atoms with van der Waals surface area (Å²) in [5.74, 6) is -0.0525. The van der Waals surface area contributed by atoms with Gasteiger partial charge in [0.25, 0.3) is 0 Å². The number of rotatable bonds is 10. The Hall–Kier alpha value is -1.35. The molecule has 2 unspecified atom stereocenters. The fourth-order valence-corrected chi connectivity index (χ4v) is 2.18. The summed E-state index contributed by atoms with van der Waals surface area (Å²) in [6.45, 7) is 7.05. The molecule has 0 spiro atoms. The van der Waals surface area contributed by atoms with Crippen LogP contribution in [0.5, 0.6) is 0 Å². The van der Waals surface area contributed by atoms with Gasteiger partial charge in [-0.15, -0.1) is 0 Å². The average molecular weight is 292 g/mol. The highest BCUT2D eigenvalue weighted by Crippen LogP contribution is 2.15. The van der Waals surface area contributed by atoms with Gasteiger partial charge < -0.3 is 9.47 Å². The lowest BCUT2D eigenvalue weighted by molar-refractivity contribution is -0.156. The average Bonchev–Trinajstić information content (AvgIpc) is 2.49. The SMILES string of the molecule is CCCCC(CC)C(=O)OC(C)COCc1ccccc1. The predicted octanol–water partition coefficient (Wildman–Crippen LogP) is 4.35. The van der Waals surface area contributed by atoms with Crippen molar-refractivity contribution in [3.63, 3.8) is 0 Å². The molecule has 0 aliphatic heterocycles. The van der Waals surface area contributed by atoms with Crippen LogP contribution < -0.4 is 0 Å². The lowest BCUT2D eigenvalue weighted by Crippen LogP contribution is -2.25. The van der Waals surface area contributed by atoms with Gasteiger partial charge in [0, 0.05) is 0 Å². The quantitative estimate of drug-likeness (QED) is 0.601. The Morgan fingerprint density at radius 2 is 1.90 bits per heavy atom. The van der Waals surface area contributed by atoms with E-state index in [1.807, 2.05) is 44.2 Å². The summed E-state index contributed by atoms with van der Waals surface area (Å²) < 4.78 is 11.1. The molecule has 3 heteroatoms. The number of hydrogen-bond acceptors (Lipinski definition) is 3. The molecule has 2 atom stereocenters. The highest BCUT2D eigenvalue weighted by atomic mass is 16.6. The van der Waals surface area contributed by atoms with Crippen molar-refractivity contribution in [3.8, 4) is 0 Å². The summed E-state index contributed by atoms with van der Waals surface area (Å²) >= 11 is 0. The van der Waals surface area contributed by atoms with Crippen molar-refractivity contribution in [2.24, 2.45) is 5.92 Å². The topological polar surface area (TPSA) is 35.5 Å². The minimum absolute atomic E-state index is 0.0292. The van der Waals surface area contributed by atoms with Crippen LogP contribution in [0.4, 0.5) is 0 Å². The van der Waals surface area contributed by atoms with Crippen LogP contribution in [0.2, 0.25) is 0 Å². The smallest absolute Gasteiger partial charge is 0.309 e. The Kier molecular flexibility index (Phi) is 8.76. The zero-order valence-electron chi connectivity index (χ0n) is 13.5. The van der Waals surface area contributed by atoms with E-state index in [2.05, 4.69) is 6.92 Å². The molecular weight excluding hydrogens is 264 g/mol. The fourth-order valence-electron chi connectivity index (χ4n) is 2.18. The van der Waals surface area contributed by atoms with E-state index in [1.165, 1.54) is 0 Å². The Balaban J connectivity index is 2.25. The second-order valence-electron chi connectivity index (χ2n) is 5.50. The van der Waals surface area contributed by atoms with Gasteiger partial charge >= 0.3 is 5.97 Å². The second kappa shape index (κ2) is 10.4. The Morgan fingerprint density at radius 3 is 2.52 bits per heavy atom. The summed E-state index contributed by atoms with van der Waals surface area (Å²) in [6, 6.07) is 10.0. The van der Waals surface area contributed by atoms with Crippen molar-refractivity contribution < 1.29 is 14.3 Å². The highest BCUT2D eigenvalue weighted by molar-refractivity contribution is 5.72. The Morgan fingerprint density at radius 1 is 1.19 bits per heavy atom. The van der Waals surface area contributed by atoms with Crippen LogP contribution in [0.25, 0.3) is 0 Å². The van der Waals surface area contributed by atoms with Gasteiger partial charge in [-0.05, 0) is 25.3 Å². The summed E-state index contributed by atoms with van der Waals surface area (Å²) in [5, 5.41) is 0. The molecule has 0 aromatic heterocycles. The van der Waals surface area contributed by atoms with Crippen LogP contribution in [0.15, 0.2) is 30.3 Å². The molecule has 0 amide bonds. The van der Waals surface area contributed by atoms with Crippen LogP contribution >= 0.6 is 0 Å². The van der Waals surface area contributed by atoms with Crippen LogP contribution in [0, 0.1) is 5.92 Å². The van der Waals surface area contributed by atoms with E-state index in [0.29, 0.717) is 13.2 Å². The second-order valence-corrected chi connectivity index (χ2v) is 5.50. The lowest BCUT2D eigenvalue weighted by atomic mass is 10.00. The number of ether oxygens (including phenoxy) is 2. The number of benzene rings is 1. The van der Waals surface area contributed by atoms with Crippen molar-refractivity contribution in [2.45, 2.75) is 59.2 Å². The molecule has 1 aromatic carbocycles. The van der Waals surface area contributed by atoms with Crippen molar-refractivity contribution in [2.75, 3.05) is 6.61 Å². The van der Waals surface area contributed by atoms with Crippen LogP contribution in [0.1, 0.15) is 52.0 Å². The minimum atomic E-state index is -0.197. The molecule has 0 radical (unpaired) electrons. The first-order valence-corrected chi connectivity index (χ1v) is 7.99. The molecule has 21 heavy (non-hydrogen) atoms. The Labute approximate surface area is 128 Å². The van der Waals surface area contributed by atoms with Gasteiger partial charge in [0.2, 0.25) is 0 Å². The molecule has 0 fully saturated rings. The molecule has 1 aromatic rings. The molecule has 0 saturated heterocycles. The summed E-state index contributed by atoms with van der Waals surface area (Å²) in [7, 11) is 0. The third-order valence-electron chi connectivity index (χ3n) is 3.51. The van der Waals surface area contributed by atoms with Gasteiger partial charge in [0.05, 0.1) is 19.1 Å². The van der Waals surface area contributed by atoms with Crippen molar-refractivity contribution in [1.29, 1.82) is 0 Å². The molecule has 0 heterocycles. The number of carbonyl (C=O) groups is 1. The maximum Gasteiger partial charge on any atom is 0.309 e. The molecule has 1 rings (SSSR count). The molecule has 118 valence electrons. The van der Waals surface area contributed by atoms with E-state index in [1.54, 1.807) is 0 Å². The zero-order valence-corrected chi connectivity index (χ0v) is 13.5. The van der Waals surface area contributed by atoms with Gasteiger partial charge in [-0.3, -0.25) is 4.79 Å². The van der Waals surface area contributed by atoms with Gasteiger partial charge in [-0.1, -0.05) is 57.0 Å². The van der Waals surface area contributed by atoms with E-state index in [9.17, 15) is 4.79 Å². The van der Waals surface area contributed by atoms with E-state index in [0.717, 1.165) is 31.2 Å². The first-order valence-electron chi connectivity index (χ1n) is 7.99. The van der Waals surface area contributed by atoms with Crippen molar-refractivity contribution >= 4 is 5.97 Å². The molecular formula is C18H28O3. The summed E-state index contributed by atoms with van der Waals surface area (Å²) in [5.41, 5.74) is 1.13. The van der Waals surface area contributed by atoms with Gasteiger partial charge in [0.15, 0.2) is 0 Å². The van der Waals surface area contributed by atoms with E-state index >= 15 is 0 Å². The third-order valence-corrected chi connectivity index (χ3v) is 3.51. The molecule has 0 aliphatic rings. The number of hydrogen-bond donors (Lipinski definition) is 0. The number of esters is 1. The highest BCUT2D eigenvalue weighted by Gasteiger charge is 2.19. The normalized spacial score (nSPS) is 13.7. The predicted molar refractivity (Wildman–Crippen MR) is 85.0 cm³/mol. The molecule has 0 saturated carbocycles. The third kappa shape index (κ3) is 7.28. The minimum Gasteiger partial charge on any atom is -0.460 e. The molecule has 3 nitrogen and oxygen atoms in total. The largest absolute Gasteiger partial charge is 0.460 e. The maximum atomic E-state index is 12.0. The fraction of sp³-hybridized carbons (Fsp3) is 0.611. The molecule has 0 N–H and O–H groups in total. The van der Waals surface area contributed by atoms with Gasteiger partial charge in [-0.25, -0.2) is 0 Å². The zero-order chi connectivity index (χ0) is 15.5. The number of unbranched alkanes of at least 4 members (excludes halogenated alkanes) is 1. The van der Waals surface area contributed by atoms with Crippen LogP contribution in [-0.2, 0) is 20.9 Å². The maximum absolute atomic E-state index is 12.0. The first kappa shape index (κ1) is 17.7. The summed E-state index contributed by atoms with van der Waals surface area (Å²) in [6.07, 6.45) is 3.75. The first-order chi connectivity index (χ1) is 10.2.